The first-order valence-corrected chi connectivity index (χ1v) is 8.24. The summed E-state index contributed by atoms with van der Waals surface area (Å²) in [6.07, 6.45) is 4.07. The minimum absolute atomic E-state index is 0.0308. The highest BCUT2D eigenvalue weighted by Gasteiger charge is 2.21. The summed E-state index contributed by atoms with van der Waals surface area (Å²) in [5, 5.41) is 3.05. The zero-order chi connectivity index (χ0) is 13.2. The molecule has 0 bridgehead atoms. The van der Waals surface area contributed by atoms with Gasteiger partial charge in [0.1, 0.15) is 0 Å². The van der Waals surface area contributed by atoms with E-state index in [0.29, 0.717) is 4.90 Å². The quantitative estimate of drug-likeness (QED) is 0.887. The molecule has 0 spiro atoms. The van der Waals surface area contributed by atoms with E-state index in [-0.39, 0.29) is 11.8 Å². The maximum atomic E-state index is 12.3. The van der Waals surface area contributed by atoms with Crippen molar-refractivity contribution in [1.82, 2.24) is 5.32 Å². The maximum Gasteiger partial charge on any atom is 0.179 e. The molecule has 1 unspecified atom stereocenters. The number of benzene rings is 1. The van der Waals surface area contributed by atoms with Crippen LogP contribution >= 0.6 is 0 Å². The fraction of sp³-hybridized carbons (Fsp3) is 0.571. The molecule has 18 heavy (non-hydrogen) atoms. The molecule has 0 saturated carbocycles. The smallest absolute Gasteiger partial charge is 0.179 e. The maximum absolute atomic E-state index is 12.3. The van der Waals surface area contributed by atoms with Gasteiger partial charge in [0, 0.05) is 6.04 Å². The summed E-state index contributed by atoms with van der Waals surface area (Å²) in [4.78, 5) is 0.483. The largest absolute Gasteiger partial charge is 0.316 e. The van der Waals surface area contributed by atoms with Crippen molar-refractivity contribution in [3.63, 3.8) is 0 Å². The number of hydrogen-bond donors (Lipinski definition) is 1. The zero-order valence-electron chi connectivity index (χ0n) is 11.1. The Balaban J connectivity index is 2.24. The van der Waals surface area contributed by atoms with Gasteiger partial charge in [0.2, 0.25) is 0 Å². The third kappa shape index (κ3) is 2.75. The number of fused-ring (bicyclic) bond motifs is 1. The Labute approximate surface area is 110 Å². The van der Waals surface area contributed by atoms with E-state index in [4.69, 9.17) is 0 Å². The van der Waals surface area contributed by atoms with Gasteiger partial charge in [-0.25, -0.2) is 8.42 Å². The number of rotatable bonds is 5. The lowest BCUT2D eigenvalue weighted by Gasteiger charge is -2.14. The van der Waals surface area contributed by atoms with E-state index < -0.39 is 9.84 Å². The molecule has 0 radical (unpaired) electrons. The third-order valence-electron chi connectivity index (χ3n) is 3.75. The highest BCUT2D eigenvalue weighted by Crippen LogP contribution is 2.25. The van der Waals surface area contributed by atoms with Crippen molar-refractivity contribution in [2.45, 2.75) is 43.5 Å². The number of sulfone groups is 1. The molecule has 3 nitrogen and oxygen atoms in total. The molecule has 0 heterocycles. The molecule has 1 N–H and O–H groups in total. The first-order valence-electron chi connectivity index (χ1n) is 6.58. The second-order valence-corrected chi connectivity index (χ2v) is 6.99. The minimum Gasteiger partial charge on any atom is -0.316 e. The molecule has 0 amide bonds. The molecule has 1 aromatic carbocycles. The van der Waals surface area contributed by atoms with Crippen LogP contribution in [0.15, 0.2) is 23.1 Å². The van der Waals surface area contributed by atoms with Gasteiger partial charge in [-0.3, -0.25) is 0 Å². The molecule has 100 valence electrons. The van der Waals surface area contributed by atoms with E-state index in [9.17, 15) is 8.42 Å². The summed E-state index contributed by atoms with van der Waals surface area (Å²) >= 11 is 0. The van der Waals surface area contributed by atoms with Crippen molar-refractivity contribution in [2.24, 2.45) is 0 Å². The molecule has 4 heteroatoms. The average molecular weight is 267 g/mol. The third-order valence-corrected chi connectivity index (χ3v) is 5.56. The monoisotopic (exact) mass is 267 g/mol. The topological polar surface area (TPSA) is 46.2 Å². The Morgan fingerprint density at radius 1 is 1.28 bits per heavy atom. The van der Waals surface area contributed by atoms with Crippen LogP contribution in [0.25, 0.3) is 0 Å². The Morgan fingerprint density at radius 2 is 2.00 bits per heavy atom. The number of aryl methyl sites for hydroxylation is 2. The van der Waals surface area contributed by atoms with Crippen molar-refractivity contribution in [2.75, 3.05) is 12.8 Å². The zero-order valence-corrected chi connectivity index (χ0v) is 11.9. The molecule has 2 rings (SSSR count). The average Bonchev–Trinajstić information content (AvgIpc) is 2.83. The van der Waals surface area contributed by atoms with Crippen LogP contribution in [-0.2, 0) is 22.7 Å². The van der Waals surface area contributed by atoms with Gasteiger partial charge in [0.25, 0.3) is 0 Å². The molecule has 0 aromatic heterocycles. The van der Waals surface area contributed by atoms with Gasteiger partial charge >= 0.3 is 0 Å². The van der Waals surface area contributed by atoms with Gasteiger partial charge in [0.15, 0.2) is 9.84 Å². The molecule has 1 aliphatic carbocycles. The molecule has 0 fully saturated rings. The predicted molar refractivity (Wildman–Crippen MR) is 73.7 cm³/mol. The van der Waals surface area contributed by atoms with E-state index in [1.807, 2.05) is 26.1 Å². The van der Waals surface area contributed by atoms with Gasteiger partial charge in [0.05, 0.1) is 10.6 Å². The lowest BCUT2D eigenvalue weighted by Crippen LogP contribution is -2.32. The van der Waals surface area contributed by atoms with Crippen molar-refractivity contribution in [3.05, 3.63) is 29.3 Å². The Hall–Kier alpha value is -0.870. The summed E-state index contributed by atoms with van der Waals surface area (Å²) in [5.41, 5.74) is 2.53. The Bertz CT molecular complexity index is 519. The van der Waals surface area contributed by atoms with E-state index >= 15 is 0 Å². The fourth-order valence-electron chi connectivity index (χ4n) is 2.51. The van der Waals surface area contributed by atoms with Gasteiger partial charge in [-0.05, 0) is 56.0 Å². The van der Waals surface area contributed by atoms with Gasteiger partial charge in [-0.15, -0.1) is 0 Å². The summed E-state index contributed by atoms with van der Waals surface area (Å²) in [6.45, 7) is 2.00. The summed E-state index contributed by atoms with van der Waals surface area (Å²) in [5.74, 6) is 0.179. The first kappa shape index (κ1) is 13.6. The molecular formula is C14H21NO2S. The van der Waals surface area contributed by atoms with E-state index in [2.05, 4.69) is 5.32 Å². The number of hydrogen-bond acceptors (Lipinski definition) is 3. The van der Waals surface area contributed by atoms with Crippen LogP contribution in [0.5, 0.6) is 0 Å². The van der Waals surface area contributed by atoms with E-state index in [0.717, 1.165) is 25.7 Å². The lowest BCUT2D eigenvalue weighted by atomic mass is 10.1. The summed E-state index contributed by atoms with van der Waals surface area (Å²) < 4.78 is 24.6. The fourth-order valence-corrected chi connectivity index (χ4v) is 4.23. The van der Waals surface area contributed by atoms with Gasteiger partial charge < -0.3 is 5.32 Å². The van der Waals surface area contributed by atoms with Crippen molar-refractivity contribution < 1.29 is 8.42 Å². The van der Waals surface area contributed by atoms with Gasteiger partial charge in [-0.2, -0.15) is 0 Å². The van der Waals surface area contributed by atoms with Gasteiger partial charge in [-0.1, -0.05) is 13.0 Å². The first-order chi connectivity index (χ1) is 8.56. The van der Waals surface area contributed by atoms with Crippen molar-refractivity contribution in [1.29, 1.82) is 0 Å². The highest BCUT2D eigenvalue weighted by atomic mass is 32.2. The van der Waals surface area contributed by atoms with E-state index in [1.54, 1.807) is 6.07 Å². The molecule has 1 aliphatic rings. The van der Waals surface area contributed by atoms with Crippen LogP contribution in [0.2, 0.25) is 0 Å². The second-order valence-electron chi connectivity index (χ2n) is 4.96. The summed E-state index contributed by atoms with van der Waals surface area (Å²) in [7, 11) is -1.36. The predicted octanol–water partition coefficient (Wildman–Crippen LogP) is 1.95. The van der Waals surface area contributed by atoms with Crippen molar-refractivity contribution in [3.8, 4) is 0 Å². The van der Waals surface area contributed by atoms with Crippen LogP contribution in [0.4, 0.5) is 0 Å². The SMILES string of the molecule is CCC(CS(=O)(=O)c1ccc2c(c1)CCC2)NC. The van der Waals surface area contributed by atoms with Crippen LogP contribution < -0.4 is 5.32 Å². The van der Waals surface area contributed by atoms with Crippen LogP contribution in [0.1, 0.15) is 30.9 Å². The Morgan fingerprint density at radius 3 is 2.67 bits per heavy atom. The standard InChI is InChI=1S/C14H21NO2S/c1-3-13(15-2)10-18(16,17)14-8-7-11-5-4-6-12(11)9-14/h7-9,13,15H,3-6,10H2,1-2H3. The van der Waals surface area contributed by atoms with E-state index in [1.165, 1.54) is 11.1 Å². The van der Waals surface area contributed by atoms with Crippen LogP contribution in [-0.4, -0.2) is 27.3 Å². The molecular weight excluding hydrogens is 246 g/mol. The van der Waals surface area contributed by atoms with Crippen LogP contribution in [0, 0.1) is 0 Å². The number of nitrogens with one attached hydrogen (secondary N) is 1. The summed E-state index contributed by atoms with van der Waals surface area (Å²) in [6, 6.07) is 5.65. The van der Waals surface area contributed by atoms with Crippen LogP contribution in [0.3, 0.4) is 0 Å². The molecule has 1 aromatic rings. The minimum atomic E-state index is -3.17. The lowest BCUT2D eigenvalue weighted by molar-refractivity contribution is 0.556. The molecule has 0 saturated heterocycles. The highest BCUT2D eigenvalue weighted by molar-refractivity contribution is 7.91. The molecule has 1 atom stereocenters. The normalized spacial score (nSPS) is 16.6. The Kier molecular flexibility index (Phi) is 4.07. The molecule has 0 aliphatic heterocycles. The van der Waals surface area contributed by atoms with Crippen molar-refractivity contribution >= 4 is 9.84 Å². The second kappa shape index (κ2) is 5.41.